The molecule has 1 aliphatic heterocycles. The number of carbonyl (C=O) groups excluding carboxylic acids is 2. The summed E-state index contributed by atoms with van der Waals surface area (Å²) in [7, 11) is 2.09. The molecule has 0 spiro atoms. The highest BCUT2D eigenvalue weighted by atomic mass is 16.5. The van der Waals surface area contributed by atoms with Crippen LogP contribution in [0.3, 0.4) is 0 Å². The Morgan fingerprint density at radius 3 is 2.36 bits per heavy atom. The summed E-state index contributed by atoms with van der Waals surface area (Å²) in [6, 6.07) is 7.08. The van der Waals surface area contributed by atoms with E-state index < -0.39 is 6.10 Å². The van der Waals surface area contributed by atoms with Crippen LogP contribution in [0.15, 0.2) is 24.3 Å². The largest absolute Gasteiger partial charge is 0.481 e. The lowest BCUT2D eigenvalue weighted by Crippen LogP contribution is -2.47. The van der Waals surface area contributed by atoms with Crippen molar-refractivity contribution in [2.75, 3.05) is 20.1 Å². The molecule has 5 nitrogen and oxygen atoms in total. The minimum Gasteiger partial charge on any atom is -0.481 e. The lowest BCUT2D eigenvalue weighted by atomic mass is 10.1. The fourth-order valence-corrected chi connectivity index (χ4v) is 2.50. The maximum atomic E-state index is 12.2. The van der Waals surface area contributed by atoms with E-state index in [1.165, 1.54) is 6.92 Å². The standard InChI is InChI=1S/C17H24N2O3/c1-12(20)14-4-6-16(7-5-14)22-13(2)17(21)18-15-8-10-19(3)11-9-15/h4-7,13,15H,8-11H2,1-3H3,(H,18,21). The summed E-state index contributed by atoms with van der Waals surface area (Å²) in [6.07, 6.45) is 1.40. The van der Waals surface area contributed by atoms with Crippen molar-refractivity contribution >= 4 is 11.7 Å². The van der Waals surface area contributed by atoms with E-state index in [2.05, 4.69) is 17.3 Å². The molecule has 0 aliphatic carbocycles. The molecular formula is C17H24N2O3. The van der Waals surface area contributed by atoms with E-state index in [0.717, 1.165) is 25.9 Å². The molecule has 1 aromatic carbocycles. The lowest BCUT2D eigenvalue weighted by molar-refractivity contribution is -0.128. The summed E-state index contributed by atoms with van der Waals surface area (Å²) < 4.78 is 5.64. The third-order valence-corrected chi connectivity index (χ3v) is 4.01. The highest BCUT2D eigenvalue weighted by Crippen LogP contribution is 2.15. The number of benzene rings is 1. The van der Waals surface area contributed by atoms with Gasteiger partial charge < -0.3 is 15.0 Å². The van der Waals surface area contributed by atoms with Crippen molar-refractivity contribution in [3.8, 4) is 5.75 Å². The van der Waals surface area contributed by atoms with Crippen molar-refractivity contribution in [1.82, 2.24) is 10.2 Å². The van der Waals surface area contributed by atoms with Gasteiger partial charge in [-0.25, -0.2) is 0 Å². The van der Waals surface area contributed by atoms with Gasteiger partial charge in [-0.2, -0.15) is 0 Å². The second-order valence-corrected chi connectivity index (χ2v) is 5.93. The predicted molar refractivity (Wildman–Crippen MR) is 85.2 cm³/mol. The molecule has 2 rings (SSSR count). The molecule has 0 radical (unpaired) electrons. The zero-order valence-corrected chi connectivity index (χ0v) is 13.5. The Labute approximate surface area is 131 Å². The summed E-state index contributed by atoms with van der Waals surface area (Å²) in [5.41, 5.74) is 0.635. The van der Waals surface area contributed by atoms with Gasteiger partial charge in [0, 0.05) is 11.6 Å². The van der Waals surface area contributed by atoms with E-state index in [0.29, 0.717) is 11.3 Å². The fourth-order valence-electron chi connectivity index (χ4n) is 2.50. The Kier molecular flexibility index (Phi) is 5.55. The van der Waals surface area contributed by atoms with Crippen LogP contribution in [0.25, 0.3) is 0 Å². The van der Waals surface area contributed by atoms with Gasteiger partial charge in [-0.1, -0.05) is 0 Å². The van der Waals surface area contributed by atoms with Gasteiger partial charge in [0.25, 0.3) is 5.91 Å². The van der Waals surface area contributed by atoms with Crippen LogP contribution in [0.2, 0.25) is 0 Å². The number of hydrogen-bond donors (Lipinski definition) is 1. The van der Waals surface area contributed by atoms with E-state index in [-0.39, 0.29) is 17.7 Å². The summed E-state index contributed by atoms with van der Waals surface area (Å²) in [4.78, 5) is 25.7. The Hall–Kier alpha value is -1.88. The van der Waals surface area contributed by atoms with Gasteiger partial charge in [0.15, 0.2) is 11.9 Å². The molecule has 0 saturated carbocycles. The van der Waals surface area contributed by atoms with Crippen molar-refractivity contribution in [2.45, 2.75) is 38.8 Å². The van der Waals surface area contributed by atoms with Crippen LogP contribution in [0.5, 0.6) is 5.75 Å². The Balaban J connectivity index is 1.84. The smallest absolute Gasteiger partial charge is 0.260 e. The Bertz CT molecular complexity index is 519. The molecule has 1 amide bonds. The monoisotopic (exact) mass is 304 g/mol. The second-order valence-electron chi connectivity index (χ2n) is 5.93. The zero-order valence-electron chi connectivity index (χ0n) is 13.5. The molecular weight excluding hydrogens is 280 g/mol. The first-order valence-electron chi connectivity index (χ1n) is 7.72. The number of rotatable bonds is 5. The second kappa shape index (κ2) is 7.40. The first kappa shape index (κ1) is 16.5. The van der Waals surface area contributed by atoms with Crippen LogP contribution in [-0.4, -0.2) is 48.9 Å². The topological polar surface area (TPSA) is 58.6 Å². The summed E-state index contributed by atoms with van der Waals surface area (Å²) >= 11 is 0. The molecule has 22 heavy (non-hydrogen) atoms. The van der Waals surface area contributed by atoms with Crippen molar-refractivity contribution < 1.29 is 14.3 Å². The highest BCUT2D eigenvalue weighted by Gasteiger charge is 2.22. The van der Waals surface area contributed by atoms with Gasteiger partial charge in [0.05, 0.1) is 0 Å². The first-order valence-corrected chi connectivity index (χ1v) is 7.72. The third kappa shape index (κ3) is 4.56. The lowest BCUT2D eigenvalue weighted by Gasteiger charge is -2.30. The number of carbonyl (C=O) groups is 2. The number of piperidine rings is 1. The predicted octanol–water partition coefficient (Wildman–Crippen LogP) is 1.87. The van der Waals surface area contributed by atoms with Crippen LogP contribution >= 0.6 is 0 Å². The molecule has 1 aromatic rings. The van der Waals surface area contributed by atoms with Gasteiger partial charge in [-0.15, -0.1) is 0 Å². The maximum absolute atomic E-state index is 12.2. The molecule has 120 valence electrons. The number of likely N-dealkylation sites (tertiary alicyclic amines) is 1. The first-order chi connectivity index (χ1) is 10.5. The molecule has 1 saturated heterocycles. The van der Waals surface area contributed by atoms with Crippen LogP contribution < -0.4 is 10.1 Å². The van der Waals surface area contributed by atoms with Crippen molar-refractivity contribution in [3.63, 3.8) is 0 Å². The minimum absolute atomic E-state index is 0.0135. The number of hydrogen-bond acceptors (Lipinski definition) is 4. The Morgan fingerprint density at radius 2 is 1.82 bits per heavy atom. The zero-order chi connectivity index (χ0) is 16.1. The van der Waals surface area contributed by atoms with Crippen LogP contribution in [0, 0.1) is 0 Å². The quantitative estimate of drug-likeness (QED) is 0.844. The summed E-state index contributed by atoms with van der Waals surface area (Å²) in [5.74, 6) is 0.515. The minimum atomic E-state index is -0.553. The summed E-state index contributed by atoms with van der Waals surface area (Å²) in [5, 5.41) is 3.04. The molecule has 1 heterocycles. The number of nitrogens with one attached hydrogen (secondary N) is 1. The Morgan fingerprint density at radius 1 is 1.23 bits per heavy atom. The van der Waals surface area contributed by atoms with E-state index >= 15 is 0 Å². The summed E-state index contributed by atoms with van der Waals surface area (Å²) in [6.45, 7) is 5.27. The normalized spacial score (nSPS) is 17.8. The van der Waals surface area contributed by atoms with Crippen molar-refractivity contribution in [2.24, 2.45) is 0 Å². The van der Waals surface area contributed by atoms with E-state index in [4.69, 9.17) is 4.74 Å². The molecule has 1 aliphatic rings. The molecule has 1 atom stereocenters. The van der Waals surface area contributed by atoms with E-state index in [1.54, 1.807) is 31.2 Å². The van der Waals surface area contributed by atoms with Gasteiger partial charge in [-0.05, 0) is 71.1 Å². The molecule has 1 unspecified atom stereocenters. The number of Topliss-reactive ketones (excluding diaryl/α,β-unsaturated/α-hetero) is 1. The van der Waals surface area contributed by atoms with Crippen molar-refractivity contribution in [3.05, 3.63) is 29.8 Å². The molecule has 1 N–H and O–H groups in total. The SMILES string of the molecule is CC(=O)c1ccc(OC(C)C(=O)NC2CCN(C)CC2)cc1. The number of ether oxygens (including phenoxy) is 1. The van der Waals surface area contributed by atoms with Crippen LogP contribution in [0.1, 0.15) is 37.0 Å². The fraction of sp³-hybridized carbons (Fsp3) is 0.529. The average Bonchev–Trinajstić information content (AvgIpc) is 2.50. The van der Waals surface area contributed by atoms with Crippen LogP contribution in [0.4, 0.5) is 0 Å². The average molecular weight is 304 g/mol. The number of nitrogens with zero attached hydrogens (tertiary/aromatic N) is 1. The molecule has 5 heteroatoms. The van der Waals surface area contributed by atoms with Gasteiger partial charge in [0.1, 0.15) is 5.75 Å². The van der Waals surface area contributed by atoms with E-state index in [9.17, 15) is 9.59 Å². The number of ketones is 1. The van der Waals surface area contributed by atoms with Gasteiger partial charge in [0.2, 0.25) is 0 Å². The molecule has 1 fully saturated rings. The van der Waals surface area contributed by atoms with Gasteiger partial charge in [-0.3, -0.25) is 9.59 Å². The molecule has 0 bridgehead atoms. The van der Waals surface area contributed by atoms with E-state index in [1.807, 2.05) is 0 Å². The number of amides is 1. The third-order valence-electron chi connectivity index (χ3n) is 4.01. The molecule has 0 aromatic heterocycles. The van der Waals surface area contributed by atoms with Crippen LogP contribution in [-0.2, 0) is 4.79 Å². The maximum Gasteiger partial charge on any atom is 0.260 e. The van der Waals surface area contributed by atoms with Gasteiger partial charge >= 0.3 is 0 Å². The van der Waals surface area contributed by atoms with Crippen molar-refractivity contribution in [1.29, 1.82) is 0 Å². The highest BCUT2D eigenvalue weighted by molar-refractivity contribution is 5.94.